The van der Waals surface area contributed by atoms with Gasteiger partial charge in [-0.2, -0.15) is 0 Å². The number of aromatic nitrogens is 3. The molecule has 1 aliphatic rings. The number of anilines is 2. The van der Waals surface area contributed by atoms with Crippen molar-refractivity contribution in [3.63, 3.8) is 0 Å². The summed E-state index contributed by atoms with van der Waals surface area (Å²) >= 11 is 0. The number of nitrogens with one attached hydrogen (secondary N) is 2. The van der Waals surface area contributed by atoms with E-state index in [1.807, 2.05) is 43.6 Å². The van der Waals surface area contributed by atoms with Crippen molar-refractivity contribution in [2.45, 2.75) is 19.4 Å². The van der Waals surface area contributed by atoms with Gasteiger partial charge in [-0.3, -0.25) is 9.78 Å². The van der Waals surface area contributed by atoms with Crippen LogP contribution in [0.25, 0.3) is 21.9 Å². The number of benzene rings is 1. The zero-order valence-corrected chi connectivity index (χ0v) is 17.7. The lowest BCUT2D eigenvalue weighted by Crippen LogP contribution is -2.14. The van der Waals surface area contributed by atoms with Gasteiger partial charge in [0.25, 0.3) is 0 Å². The number of pyridine rings is 3. The van der Waals surface area contributed by atoms with Crippen molar-refractivity contribution >= 4 is 28.3 Å². The van der Waals surface area contributed by atoms with Crippen molar-refractivity contribution in [1.82, 2.24) is 15.0 Å². The van der Waals surface area contributed by atoms with Gasteiger partial charge in [0.15, 0.2) is 0 Å². The van der Waals surface area contributed by atoms with Gasteiger partial charge in [-0.15, -0.1) is 0 Å². The third-order valence-corrected chi connectivity index (χ3v) is 5.53. The standard InChI is InChI=1S/C25H23N5O2/c1-26-24-22-14-28-23(30-25(31)18-6-7-18)12-20(22)21(13-29-24)17-4-2-16(3-5-17)15-32-19-8-10-27-11-9-19/h2-5,8-14,18H,6-7,15H2,1H3,(H,26,29)(H,28,30,31). The Kier molecular flexibility index (Phi) is 5.37. The number of nitrogens with zero attached hydrogens (tertiary/aromatic N) is 3. The Bertz CT molecular complexity index is 1250. The quantitative estimate of drug-likeness (QED) is 0.448. The molecule has 1 amide bonds. The molecule has 0 spiro atoms. The molecular formula is C25H23N5O2. The highest BCUT2D eigenvalue weighted by atomic mass is 16.5. The normalized spacial score (nSPS) is 13.0. The fourth-order valence-corrected chi connectivity index (χ4v) is 3.59. The molecule has 2 N–H and O–H groups in total. The second-order valence-corrected chi connectivity index (χ2v) is 7.82. The van der Waals surface area contributed by atoms with E-state index in [9.17, 15) is 4.79 Å². The summed E-state index contributed by atoms with van der Waals surface area (Å²) in [4.78, 5) is 25.2. The van der Waals surface area contributed by atoms with Crippen molar-refractivity contribution in [3.8, 4) is 16.9 Å². The van der Waals surface area contributed by atoms with Crippen LogP contribution < -0.4 is 15.4 Å². The van der Waals surface area contributed by atoms with Gasteiger partial charge in [0.05, 0.1) is 0 Å². The third-order valence-electron chi connectivity index (χ3n) is 5.53. The summed E-state index contributed by atoms with van der Waals surface area (Å²) in [6, 6.07) is 13.8. The molecule has 1 saturated carbocycles. The largest absolute Gasteiger partial charge is 0.489 e. The number of ether oxygens (including phenoxy) is 1. The fraction of sp³-hybridized carbons (Fsp3) is 0.200. The van der Waals surface area contributed by atoms with E-state index in [1.165, 1.54) is 0 Å². The molecule has 0 aliphatic heterocycles. The Hall–Kier alpha value is -4.00. The lowest BCUT2D eigenvalue weighted by atomic mass is 10.0. The molecule has 3 heterocycles. The molecule has 0 atom stereocenters. The zero-order chi connectivity index (χ0) is 21.9. The van der Waals surface area contributed by atoms with Crippen LogP contribution in [0.1, 0.15) is 18.4 Å². The molecule has 1 aromatic carbocycles. The van der Waals surface area contributed by atoms with Crippen LogP contribution in [0.15, 0.2) is 67.3 Å². The summed E-state index contributed by atoms with van der Waals surface area (Å²) in [5, 5.41) is 7.94. The molecule has 1 fully saturated rings. The molecule has 0 radical (unpaired) electrons. The highest BCUT2D eigenvalue weighted by Crippen LogP contribution is 2.34. The Balaban J connectivity index is 1.43. The molecule has 7 nitrogen and oxygen atoms in total. The first-order valence-electron chi connectivity index (χ1n) is 10.6. The van der Waals surface area contributed by atoms with Crippen LogP contribution in [0.4, 0.5) is 11.6 Å². The first kappa shape index (κ1) is 19.9. The molecule has 7 heteroatoms. The topological polar surface area (TPSA) is 89.0 Å². The number of hydrogen-bond acceptors (Lipinski definition) is 6. The Morgan fingerprint density at radius 2 is 1.81 bits per heavy atom. The maximum absolute atomic E-state index is 12.2. The molecule has 5 rings (SSSR count). The molecule has 3 aromatic heterocycles. The van der Waals surface area contributed by atoms with Crippen LogP contribution in [0.3, 0.4) is 0 Å². The van der Waals surface area contributed by atoms with E-state index >= 15 is 0 Å². The zero-order valence-electron chi connectivity index (χ0n) is 17.7. The predicted molar refractivity (Wildman–Crippen MR) is 124 cm³/mol. The van der Waals surface area contributed by atoms with Gasteiger partial charge in [0.1, 0.15) is 24.0 Å². The Labute approximate surface area is 185 Å². The monoisotopic (exact) mass is 425 g/mol. The summed E-state index contributed by atoms with van der Waals surface area (Å²) in [6.45, 7) is 0.475. The van der Waals surface area contributed by atoms with Gasteiger partial charge in [0, 0.05) is 48.7 Å². The smallest absolute Gasteiger partial charge is 0.228 e. The number of carbonyl (C=O) groups is 1. The predicted octanol–water partition coefficient (Wildman–Crippen LogP) is 4.66. The summed E-state index contributed by atoms with van der Waals surface area (Å²) in [7, 11) is 1.84. The van der Waals surface area contributed by atoms with Crippen LogP contribution in [0.2, 0.25) is 0 Å². The van der Waals surface area contributed by atoms with E-state index in [1.54, 1.807) is 18.6 Å². The maximum Gasteiger partial charge on any atom is 0.228 e. The minimum absolute atomic E-state index is 0.0415. The number of fused-ring (bicyclic) bond motifs is 1. The van der Waals surface area contributed by atoms with Crippen molar-refractivity contribution in [2.75, 3.05) is 17.7 Å². The van der Waals surface area contributed by atoms with Crippen LogP contribution in [0.5, 0.6) is 5.75 Å². The SMILES string of the molecule is CNc1ncc(-c2ccc(COc3ccncc3)cc2)c2cc(NC(=O)C3CC3)ncc12. The van der Waals surface area contributed by atoms with Crippen molar-refractivity contribution in [3.05, 3.63) is 72.8 Å². The number of rotatable bonds is 7. The Morgan fingerprint density at radius 1 is 1.03 bits per heavy atom. The molecule has 4 aromatic rings. The molecule has 160 valence electrons. The van der Waals surface area contributed by atoms with E-state index < -0.39 is 0 Å². The van der Waals surface area contributed by atoms with Gasteiger partial charge in [-0.1, -0.05) is 24.3 Å². The van der Waals surface area contributed by atoms with Gasteiger partial charge in [-0.05, 0) is 47.6 Å². The van der Waals surface area contributed by atoms with Gasteiger partial charge in [-0.25, -0.2) is 9.97 Å². The molecule has 32 heavy (non-hydrogen) atoms. The van der Waals surface area contributed by atoms with Crippen LogP contribution in [-0.4, -0.2) is 27.9 Å². The van der Waals surface area contributed by atoms with Crippen molar-refractivity contribution in [1.29, 1.82) is 0 Å². The second kappa shape index (κ2) is 8.63. The number of amides is 1. The van der Waals surface area contributed by atoms with E-state index in [0.29, 0.717) is 12.4 Å². The number of carbonyl (C=O) groups excluding carboxylic acids is 1. The average molecular weight is 425 g/mol. The lowest BCUT2D eigenvalue weighted by molar-refractivity contribution is -0.117. The van der Waals surface area contributed by atoms with E-state index in [4.69, 9.17) is 4.74 Å². The van der Waals surface area contributed by atoms with Gasteiger partial charge >= 0.3 is 0 Å². The first-order chi connectivity index (χ1) is 15.7. The van der Waals surface area contributed by atoms with E-state index in [0.717, 1.165) is 51.9 Å². The minimum atomic E-state index is 0.0415. The van der Waals surface area contributed by atoms with Gasteiger partial charge < -0.3 is 15.4 Å². The summed E-state index contributed by atoms with van der Waals surface area (Å²) in [5.41, 5.74) is 3.07. The summed E-state index contributed by atoms with van der Waals surface area (Å²) in [6.07, 6.45) is 8.94. The highest BCUT2D eigenvalue weighted by molar-refractivity contribution is 6.03. The average Bonchev–Trinajstić information content (AvgIpc) is 3.69. The van der Waals surface area contributed by atoms with Crippen molar-refractivity contribution in [2.24, 2.45) is 5.92 Å². The lowest BCUT2D eigenvalue weighted by Gasteiger charge is -2.13. The van der Waals surface area contributed by atoms with E-state index in [-0.39, 0.29) is 11.8 Å². The van der Waals surface area contributed by atoms with Crippen molar-refractivity contribution < 1.29 is 9.53 Å². The third kappa shape index (κ3) is 4.23. The molecule has 1 aliphatic carbocycles. The Morgan fingerprint density at radius 3 is 2.53 bits per heavy atom. The first-order valence-corrected chi connectivity index (χ1v) is 10.6. The van der Waals surface area contributed by atoms with Crippen LogP contribution >= 0.6 is 0 Å². The number of hydrogen-bond donors (Lipinski definition) is 2. The maximum atomic E-state index is 12.2. The molecular weight excluding hydrogens is 402 g/mol. The van der Waals surface area contributed by atoms with Gasteiger partial charge in [0.2, 0.25) is 5.91 Å². The summed E-state index contributed by atoms with van der Waals surface area (Å²) in [5.74, 6) is 2.26. The highest BCUT2D eigenvalue weighted by Gasteiger charge is 2.29. The molecule has 0 saturated heterocycles. The molecule has 0 bridgehead atoms. The summed E-state index contributed by atoms with van der Waals surface area (Å²) < 4.78 is 5.81. The molecule has 0 unspecified atom stereocenters. The minimum Gasteiger partial charge on any atom is -0.489 e. The van der Waals surface area contributed by atoms with Crippen LogP contribution in [0, 0.1) is 5.92 Å². The fourth-order valence-electron chi connectivity index (χ4n) is 3.59. The van der Waals surface area contributed by atoms with E-state index in [2.05, 4.69) is 37.7 Å². The van der Waals surface area contributed by atoms with Crippen LogP contribution in [-0.2, 0) is 11.4 Å². The second-order valence-electron chi connectivity index (χ2n) is 7.82.